The van der Waals surface area contributed by atoms with E-state index in [4.69, 9.17) is 24.4 Å². The second kappa shape index (κ2) is 14.4. The summed E-state index contributed by atoms with van der Waals surface area (Å²) >= 11 is 0. The molecule has 0 fully saturated rings. The van der Waals surface area contributed by atoms with E-state index in [0.717, 1.165) is 77.2 Å². The van der Waals surface area contributed by atoms with Crippen molar-refractivity contribution in [3.63, 3.8) is 0 Å². The summed E-state index contributed by atoms with van der Waals surface area (Å²) in [5, 5.41) is 4.38. The molecular weight excluding hydrogens is 787 g/mol. The molecule has 0 saturated heterocycles. The highest BCUT2D eigenvalue weighted by Crippen LogP contribution is 2.51. The number of ether oxygens (including phenoxy) is 2. The maximum Gasteiger partial charge on any atom is 0.172 e. The first-order valence-electron chi connectivity index (χ1n) is 21.3. The molecular formula is C57H35N5O2. The summed E-state index contributed by atoms with van der Waals surface area (Å²) in [5.41, 5.74) is 11.3. The van der Waals surface area contributed by atoms with E-state index >= 15 is 0 Å². The molecule has 0 bridgehead atoms. The molecule has 3 aromatic heterocycles. The van der Waals surface area contributed by atoms with Gasteiger partial charge in [-0.05, 0) is 59.7 Å². The molecule has 1 aliphatic heterocycles. The van der Waals surface area contributed by atoms with Crippen molar-refractivity contribution in [2.45, 2.75) is 0 Å². The summed E-state index contributed by atoms with van der Waals surface area (Å²) < 4.78 is 18.3. The van der Waals surface area contributed by atoms with Crippen LogP contribution in [0.25, 0.3) is 100 Å². The van der Waals surface area contributed by atoms with Gasteiger partial charge in [-0.2, -0.15) is 0 Å². The molecule has 13 rings (SSSR count). The van der Waals surface area contributed by atoms with Gasteiger partial charge in [0.25, 0.3) is 0 Å². The van der Waals surface area contributed by atoms with Crippen molar-refractivity contribution in [1.29, 1.82) is 0 Å². The molecule has 64 heavy (non-hydrogen) atoms. The van der Waals surface area contributed by atoms with E-state index in [2.05, 4.69) is 155 Å². The highest BCUT2D eigenvalue weighted by Gasteiger charge is 2.26. The van der Waals surface area contributed by atoms with Gasteiger partial charge in [-0.1, -0.05) is 152 Å². The molecule has 0 spiro atoms. The molecule has 0 saturated carbocycles. The first kappa shape index (κ1) is 35.9. The summed E-state index contributed by atoms with van der Waals surface area (Å²) in [6.45, 7) is 0. The Bertz CT molecular complexity index is 3730. The van der Waals surface area contributed by atoms with E-state index in [-0.39, 0.29) is 0 Å². The average Bonchev–Trinajstić information content (AvgIpc) is 3.86. The Morgan fingerprint density at radius 2 is 0.641 bits per heavy atom. The highest BCUT2D eigenvalue weighted by atomic mass is 16.6. The lowest BCUT2D eigenvalue weighted by atomic mass is 10.1. The quantitative estimate of drug-likeness (QED) is 0.167. The molecule has 9 aromatic carbocycles. The largest absolute Gasteiger partial charge is 0.449 e. The summed E-state index contributed by atoms with van der Waals surface area (Å²) in [6, 6.07) is 73.2. The van der Waals surface area contributed by atoms with Gasteiger partial charge in [-0.15, -0.1) is 0 Å². The molecule has 7 heteroatoms. The maximum absolute atomic E-state index is 6.85. The van der Waals surface area contributed by atoms with Gasteiger partial charge < -0.3 is 18.6 Å². The molecule has 0 aliphatic carbocycles. The van der Waals surface area contributed by atoms with Gasteiger partial charge in [0.1, 0.15) is 0 Å². The van der Waals surface area contributed by atoms with Crippen LogP contribution >= 0.6 is 0 Å². The van der Waals surface area contributed by atoms with Crippen LogP contribution in [0.2, 0.25) is 0 Å². The van der Waals surface area contributed by atoms with Crippen LogP contribution in [-0.2, 0) is 0 Å². The number of nitrogens with zero attached hydrogens (tertiary/aromatic N) is 5. The standard InChI is InChI=1S/C57H35N5O2/c1-4-16-36(17-5-1)39-22-14-24-41(30-39)61-47-28-12-10-26-43(47)45-32-51-53(34-49(45)61)63-52-33-46-44-27-11-13-29-48(44)62(50(46)35-54(52)64-51)42-25-15-23-40(31-42)57-59-55(37-18-6-2-7-19-37)58-56(60-57)38-20-8-3-9-21-38/h1-35H. The lowest BCUT2D eigenvalue weighted by molar-refractivity contribution is 0.361. The molecule has 4 heterocycles. The number of hydrogen-bond acceptors (Lipinski definition) is 5. The monoisotopic (exact) mass is 821 g/mol. The number of para-hydroxylation sites is 2. The van der Waals surface area contributed by atoms with Crippen molar-refractivity contribution in [1.82, 2.24) is 24.1 Å². The van der Waals surface area contributed by atoms with Crippen molar-refractivity contribution in [2.75, 3.05) is 0 Å². The van der Waals surface area contributed by atoms with E-state index in [1.807, 2.05) is 66.7 Å². The lowest BCUT2D eigenvalue weighted by Gasteiger charge is -2.22. The summed E-state index contributed by atoms with van der Waals surface area (Å²) in [5.74, 6) is 4.49. The average molecular weight is 822 g/mol. The molecule has 0 radical (unpaired) electrons. The van der Waals surface area contributed by atoms with Gasteiger partial charge >= 0.3 is 0 Å². The van der Waals surface area contributed by atoms with Crippen molar-refractivity contribution in [2.24, 2.45) is 0 Å². The summed E-state index contributed by atoms with van der Waals surface area (Å²) in [4.78, 5) is 15.0. The second-order valence-corrected chi connectivity index (χ2v) is 16.0. The van der Waals surface area contributed by atoms with Crippen LogP contribution in [-0.4, -0.2) is 24.1 Å². The smallest absolute Gasteiger partial charge is 0.172 e. The number of fused-ring (bicyclic) bond motifs is 8. The van der Waals surface area contributed by atoms with E-state index in [9.17, 15) is 0 Å². The minimum atomic E-state index is 0.595. The van der Waals surface area contributed by atoms with Gasteiger partial charge in [-0.3, -0.25) is 0 Å². The highest BCUT2D eigenvalue weighted by molar-refractivity contribution is 6.12. The van der Waals surface area contributed by atoms with Crippen LogP contribution < -0.4 is 9.47 Å². The Kier molecular flexibility index (Phi) is 8.08. The fourth-order valence-electron chi connectivity index (χ4n) is 9.24. The van der Waals surface area contributed by atoms with Gasteiger partial charge in [-0.25, -0.2) is 15.0 Å². The number of aromatic nitrogens is 5. The third-order valence-corrected chi connectivity index (χ3v) is 12.2. The molecule has 300 valence electrons. The number of benzene rings is 9. The van der Waals surface area contributed by atoms with E-state index in [1.54, 1.807) is 0 Å². The van der Waals surface area contributed by atoms with Gasteiger partial charge in [0, 0.05) is 61.7 Å². The topological polar surface area (TPSA) is 67.0 Å². The predicted molar refractivity (Wildman–Crippen MR) is 257 cm³/mol. The summed E-state index contributed by atoms with van der Waals surface area (Å²) in [7, 11) is 0. The van der Waals surface area contributed by atoms with E-state index in [0.29, 0.717) is 40.5 Å². The first-order chi connectivity index (χ1) is 31.7. The Hall–Kier alpha value is -8.81. The van der Waals surface area contributed by atoms with E-state index in [1.165, 1.54) is 5.56 Å². The van der Waals surface area contributed by atoms with Gasteiger partial charge in [0.15, 0.2) is 40.5 Å². The Balaban J connectivity index is 0.934. The molecule has 12 aromatic rings. The zero-order chi connectivity index (χ0) is 42.1. The summed E-state index contributed by atoms with van der Waals surface area (Å²) in [6.07, 6.45) is 0. The fraction of sp³-hybridized carbons (Fsp3) is 0. The minimum Gasteiger partial charge on any atom is -0.449 e. The Labute approximate surface area is 367 Å². The van der Waals surface area contributed by atoms with Gasteiger partial charge in [0.05, 0.1) is 22.1 Å². The van der Waals surface area contributed by atoms with Crippen LogP contribution in [0.5, 0.6) is 23.0 Å². The zero-order valence-corrected chi connectivity index (χ0v) is 34.3. The van der Waals surface area contributed by atoms with Crippen molar-refractivity contribution >= 4 is 43.6 Å². The SMILES string of the molecule is c1ccc(-c2cccc(-n3c4ccccc4c4cc5c(cc43)Oc3cc4c6ccccc6n(-c6cccc(-c7nc(-c8ccccc8)nc(-c8ccccc8)n7)c6)c4cc3O5)c2)cc1. The van der Waals surface area contributed by atoms with Gasteiger partial charge in [0.2, 0.25) is 0 Å². The Morgan fingerprint density at radius 1 is 0.266 bits per heavy atom. The van der Waals surface area contributed by atoms with Crippen LogP contribution in [0.15, 0.2) is 212 Å². The first-order valence-corrected chi connectivity index (χ1v) is 21.3. The van der Waals surface area contributed by atoms with E-state index < -0.39 is 0 Å². The van der Waals surface area contributed by atoms with Crippen LogP contribution in [0.1, 0.15) is 0 Å². The van der Waals surface area contributed by atoms with Crippen molar-refractivity contribution in [3.05, 3.63) is 212 Å². The maximum atomic E-state index is 6.85. The fourth-order valence-corrected chi connectivity index (χ4v) is 9.24. The number of hydrogen-bond donors (Lipinski definition) is 0. The molecule has 0 unspecified atom stereocenters. The normalized spacial score (nSPS) is 12.0. The zero-order valence-electron chi connectivity index (χ0n) is 34.3. The Morgan fingerprint density at radius 3 is 1.14 bits per heavy atom. The molecule has 0 N–H and O–H groups in total. The lowest BCUT2D eigenvalue weighted by Crippen LogP contribution is -2.02. The molecule has 7 nitrogen and oxygen atoms in total. The predicted octanol–water partition coefficient (Wildman–Crippen LogP) is 14.6. The minimum absolute atomic E-state index is 0.595. The van der Waals surface area contributed by atoms with Crippen LogP contribution in [0.4, 0.5) is 0 Å². The third kappa shape index (κ3) is 5.86. The van der Waals surface area contributed by atoms with Crippen LogP contribution in [0.3, 0.4) is 0 Å². The molecule has 0 atom stereocenters. The number of rotatable bonds is 6. The van der Waals surface area contributed by atoms with Crippen molar-refractivity contribution < 1.29 is 9.47 Å². The van der Waals surface area contributed by atoms with Crippen molar-refractivity contribution in [3.8, 4) is 79.7 Å². The molecule has 1 aliphatic rings. The second-order valence-electron chi connectivity index (χ2n) is 16.0. The molecule has 0 amide bonds. The van der Waals surface area contributed by atoms with Crippen LogP contribution in [0, 0.1) is 0 Å². The third-order valence-electron chi connectivity index (χ3n) is 12.2.